The number of ether oxygens (including phenoxy) is 1. The molecule has 6 heteroatoms. The van der Waals surface area contributed by atoms with Crippen LogP contribution in [0.5, 0.6) is 0 Å². The number of halogens is 2. The Kier molecular flexibility index (Phi) is 4.62. The lowest BCUT2D eigenvalue weighted by molar-refractivity contribution is -0.130. The van der Waals surface area contributed by atoms with Crippen molar-refractivity contribution in [1.82, 2.24) is 5.32 Å². The fourth-order valence-electron chi connectivity index (χ4n) is 2.17. The fraction of sp³-hybridized carbons (Fsp3) is 0.500. The Morgan fingerprint density at radius 1 is 1.50 bits per heavy atom. The van der Waals surface area contributed by atoms with E-state index in [0.29, 0.717) is 26.1 Å². The average molecular weight is 301 g/mol. The molecule has 1 atom stereocenters. The van der Waals surface area contributed by atoms with Crippen LogP contribution in [0.2, 0.25) is 5.02 Å². The van der Waals surface area contributed by atoms with Gasteiger partial charge in [-0.05, 0) is 37.5 Å². The summed E-state index contributed by atoms with van der Waals surface area (Å²) in [6.07, 6.45) is 0.992. The maximum Gasteiger partial charge on any atom is 0.240 e. The van der Waals surface area contributed by atoms with E-state index >= 15 is 0 Å². The number of carbonyl (C=O) groups is 1. The number of nitrogens with one attached hydrogen (secondary N) is 1. The van der Waals surface area contributed by atoms with E-state index in [1.165, 1.54) is 12.1 Å². The van der Waals surface area contributed by atoms with Crippen molar-refractivity contribution in [3.63, 3.8) is 0 Å². The molecule has 0 aliphatic carbocycles. The predicted molar refractivity (Wildman–Crippen MR) is 74.9 cm³/mol. The molecule has 1 fully saturated rings. The molecule has 0 saturated carbocycles. The fourth-order valence-corrected chi connectivity index (χ4v) is 2.36. The van der Waals surface area contributed by atoms with E-state index < -0.39 is 11.4 Å². The normalized spacial score (nSPS) is 19.4. The molecule has 3 N–H and O–H groups in total. The summed E-state index contributed by atoms with van der Waals surface area (Å²) in [5.74, 6) is -0.692. The van der Waals surface area contributed by atoms with E-state index in [1.54, 1.807) is 6.07 Å². The van der Waals surface area contributed by atoms with Crippen molar-refractivity contribution in [1.29, 1.82) is 0 Å². The Hall–Kier alpha value is -1.17. The van der Waals surface area contributed by atoms with E-state index in [4.69, 9.17) is 22.1 Å². The van der Waals surface area contributed by atoms with Crippen LogP contribution in [0.25, 0.3) is 0 Å². The molecular formula is C14H18ClFN2O2. The molecule has 1 amide bonds. The maximum atomic E-state index is 13.1. The zero-order chi connectivity index (χ0) is 14.8. The number of hydrogen-bond donors (Lipinski definition) is 2. The third kappa shape index (κ3) is 3.29. The minimum atomic E-state index is -0.893. The van der Waals surface area contributed by atoms with Gasteiger partial charge in [0.1, 0.15) is 5.82 Å². The van der Waals surface area contributed by atoms with Crippen LogP contribution in [-0.4, -0.2) is 24.7 Å². The molecule has 1 aromatic rings. The molecule has 0 aromatic heterocycles. The summed E-state index contributed by atoms with van der Waals surface area (Å²) in [5.41, 5.74) is 5.95. The number of rotatable bonds is 3. The first-order valence-corrected chi connectivity index (χ1v) is 6.93. The lowest BCUT2D eigenvalue weighted by Gasteiger charge is -2.33. The molecule has 0 bridgehead atoms. The molecule has 110 valence electrons. The summed E-state index contributed by atoms with van der Waals surface area (Å²) in [5, 5.41) is 2.89. The summed E-state index contributed by atoms with van der Waals surface area (Å²) in [4.78, 5) is 12.3. The summed E-state index contributed by atoms with van der Waals surface area (Å²) >= 11 is 5.74. The number of amides is 1. The molecule has 1 saturated heterocycles. The van der Waals surface area contributed by atoms with E-state index in [9.17, 15) is 9.18 Å². The average Bonchev–Trinajstić information content (AvgIpc) is 2.42. The topological polar surface area (TPSA) is 64.4 Å². The molecule has 20 heavy (non-hydrogen) atoms. The highest BCUT2D eigenvalue weighted by Gasteiger charge is 2.36. The van der Waals surface area contributed by atoms with Gasteiger partial charge >= 0.3 is 0 Å². The van der Waals surface area contributed by atoms with Gasteiger partial charge in [-0.15, -0.1) is 0 Å². The first-order valence-electron chi connectivity index (χ1n) is 6.55. The second-order valence-corrected chi connectivity index (χ2v) is 5.54. The highest BCUT2D eigenvalue weighted by molar-refractivity contribution is 6.30. The third-order valence-corrected chi connectivity index (χ3v) is 3.92. The van der Waals surface area contributed by atoms with Crippen LogP contribution in [0.15, 0.2) is 18.2 Å². The Labute approximate surface area is 122 Å². The molecule has 1 unspecified atom stereocenters. The minimum Gasteiger partial charge on any atom is -0.381 e. The minimum absolute atomic E-state index is 0.0390. The SMILES string of the molecule is CC(NC(=O)C1(N)CCOCC1)c1ccc(F)c(Cl)c1. The monoisotopic (exact) mass is 300 g/mol. The summed E-state index contributed by atoms with van der Waals surface area (Å²) in [6.45, 7) is 2.78. The Morgan fingerprint density at radius 3 is 2.75 bits per heavy atom. The summed E-state index contributed by atoms with van der Waals surface area (Å²) in [6, 6.07) is 4.10. The van der Waals surface area contributed by atoms with Crippen LogP contribution in [0.4, 0.5) is 4.39 Å². The summed E-state index contributed by atoms with van der Waals surface area (Å²) < 4.78 is 18.3. The number of nitrogens with two attached hydrogens (primary N) is 1. The molecular weight excluding hydrogens is 283 g/mol. The van der Waals surface area contributed by atoms with Crippen LogP contribution in [0, 0.1) is 5.82 Å². The van der Waals surface area contributed by atoms with Crippen LogP contribution >= 0.6 is 11.6 Å². The smallest absolute Gasteiger partial charge is 0.240 e. The molecule has 2 rings (SSSR count). The quantitative estimate of drug-likeness (QED) is 0.899. The van der Waals surface area contributed by atoms with E-state index in [-0.39, 0.29) is 17.0 Å². The van der Waals surface area contributed by atoms with Gasteiger partial charge in [-0.2, -0.15) is 0 Å². The highest BCUT2D eigenvalue weighted by Crippen LogP contribution is 2.23. The molecule has 1 aliphatic heterocycles. The third-order valence-electron chi connectivity index (χ3n) is 3.63. The molecule has 0 radical (unpaired) electrons. The van der Waals surface area contributed by atoms with Crippen LogP contribution in [0.1, 0.15) is 31.4 Å². The van der Waals surface area contributed by atoms with Crippen molar-refractivity contribution in [2.75, 3.05) is 13.2 Å². The maximum absolute atomic E-state index is 13.1. The number of hydrogen-bond acceptors (Lipinski definition) is 3. The molecule has 0 spiro atoms. The Bertz CT molecular complexity index is 504. The van der Waals surface area contributed by atoms with Crippen molar-refractivity contribution in [2.45, 2.75) is 31.3 Å². The van der Waals surface area contributed by atoms with Gasteiger partial charge < -0.3 is 15.8 Å². The van der Waals surface area contributed by atoms with Gasteiger partial charge in [-0.1, -0.05) is 17.7 Å². The van der Waals surface area contributed by atoms with E-state index in [0.717, 1.165) is 5.56 Å². The lowest BCUT2D eigenvalue weighted by Crippen LogP contribution is -2.57. The predicted octanol–water partition coefficient (Wildman–Crippen LogP) is 2.16. The zero-order valence-electron chi connectivity index (χ0n) is 11.3. The van der Waals surface area contributed by atoms with E-state index in [1.807, 2.05) is 6.92 Å². The van der Waals surface area contributed by atoms with Crippen molar-refractivity contribution < 1.29 is 13.9 Å². The second kappa shape index (κ2) is 6.08. The zero-order valence-corrected chi connectivity index (χ0v) is 12.0. The van der Waals surface area contributed by atoms with Crippen LogP contribution in [0.3, 0.4) is 0 Å². The second-order valence-electron chi connectivity index (χ2n) is 5.14. The van der Waals surface area contributed by atoms with Crippen molar-refractivity contribution in [2.24, 2.45) is 5.73 Å². The van der Waals surface area contributed by atoms with E-state index in [2.05, 4.69) is 5.32 Å². The van der Waals surface area contributed by atoms with Crippen LogP contribution < -0.4 is 11.1 Å². The number of benzene rings is 1. The summed E-state index contributed by atoms with van der Waals surface area (Å²) in [7, 11) is 0. The van der Waals surface area contributed by atoms with Gasteiger partial charge in [0.25, 0.3) is 0 Å². The molecule has 1 aliphatic rings. The van der Waals surface area contributed by atoms with Crippen LogP contribution in [-0.2, 0) is 9.53 Å². The van der Waals surface area contributed by atoms with Gasteiger partial charge in [0.15, 0.2) is 0 Å². The van der Waals surface area contributed by atoms with Gasteiger partial charge in [0.05, 0.1) is 16.6 Å². The highest BCUT2D eigenvalue weighted by atomic mass is 35.5. The largest absolute Gasteiger partial charge is 0.381 e. The number of carbonyl (C=O) groups excluding carboxylic acids is 1. The van der Waals surface area contributed by atoms with Gasteiger partial charge in [-0.25, -0.2) is 4.39 Å². The standard InChI is InChI=1S/C14H18ClFN2O2/c1-9(10-2-3-12(16)11(15)8-10)18-13(19)14(17)4-6-20-7-5-14/h2-3,8-9H,4-7,17H2,1H3,(H,18,19). The van der Waals surface area contributed by atoms with Crippen molar-refractivity contribution in [3.8, 4) is 0 Å². The molecule has 1 heterocycles. The Balaban J connectivity index is 2.04. The van der Waals surface area contributed by atoms with Crippen molar-refractivity contribution in [3.05, 3.63) is 34.6 Å². The molecule has 1 aromatic carbocycles. The first-order chi connectivity index (χ1) is 9.42. The lowest BCUT2D eigenvalue weighted by atomic mass is 9.90. The van der Waals surface area contributed by atoms with Gasteiger partial charge in [0, 0.05) is 13.2 Å². The molecule has 4 nitrogen and oxygen atoms in total. The first kappa shape index (κ1) is 15.2. The van der Waals surface area contributed by atoms with Gasteiger partial charge in [-0.3, -0.25) is 4.79 Å². The van der Waals surface area contributed by atoms with Crippen molar-refractivity contribution >= 4 is 17.5 Å². The van der Waals surface area contributed by atoms with Gasteiger partial charge in [0.2, 0.25) is 5.91 Å². The Morgan fingerprint density at radius 2 is 2.15 bits per heavy atom.